The highest BCUT2D eigenvalue weighted by Gasteiger charge is 2.53. The van der Waals surface area contributed by atoms with E-state index in [4.69, 9.17) is 14.7 Å². The summed E-state index contributed by atoms with van der Waals surface area (Å²) in [7, 11) is 0. The molecule has 2 aromatic heterocycles. The summed E-state index contributed by atoms with van der Waals surface area (Å²) in [6.07, 6.45) is 1.90. The smallest absolute Gasteiger partial charge is 0.407 e. The van der Waals surface area contributed by atoms with Gasteiger partial charge in [0.15, 0.2) is 11.0 Å². The van der Waals surface area contributed by atoms with E-state index in [1.807, 2.05) is 31.4 Å². The number of rotatable bonds is 2. The average molecular weight is 543 g/mol. The van der Waals surface area contributed by atoms with Gasteiger partial charge in [0.25, 0.3) is 0 Å². The molecule has 0 spiro atoms. The summed E-state index contributed by atoms with van der Waals surface area (Å²) in [5.74, 6) is 0.106. The van der Waals surface area contributed by atoms with E-state index in [9.17, 15) is 15.2 Å². The average Bonchev–Trinajstić information content (AvgIpc) is 3.20. The van der Waals surface area contributed by atoms with Crippen LogP contribution in [0.25, 0.3) is 32.9 Å². The predicted octanol–water partition coefficient (Wildman–Crippen LogP) is 5.06. The lowest BCUT2D eigenvalue weighted by atomic mass is 9.97. The van der Waals surface area contributed by atoms with Crippen LogP contribution in [0.1, 0.15) is 25.3 Å². The number of halogens is 1. The number of thioether (sulfide) groups is 1. The molecule has 4 aromatic rings. The minimum Gasteiger partial charge on any atom is -0.472 e. The monoisotopic (exact) mass is 542 g/mol. The first-order chi connectivity index (χ1) is 18.9. The van der Waals surface area contributed by atoms with Crippen molar-refractivity contribution in [2.45, 2.75) is 49.2 Å². The van der Waals surface area contributed by atoms with Gasteiger partial charge >= 0.3 is 6.09 Å². The Morgan fingerprint density at radius 2 is 1.97 bits per heavy atom. The molecular formula is C28H23FN6O3S. The first-order valence-corrected chi connectivity index (χ1v) is 14.0. The van der Waals surface area contributed by atoms with E-state index < -0.39 is 18.0 Å². The molecule has 2 aromatic carbocycles. The van der Waals surface area contributed by atoms with Gasteiger partial charge in [-0.3, -0.25) is 4.90 Å². The first-order valence-electron chi connectivity index (χ1n) is 12.7. The Balaban J connectivity index is 1.50. The molecule has 3 aliphatic heterocycles. The highest BCUT2D eigenvalue weighted by Crippen LogP contribution is 2.46. The van der Waals surface area contributed by atoms with Gasteiger partial charge in [-0.15, -0.1) is 0 Å². The van der Waals surface area contributed by atoms with Crippen molar-refractivity contribution in [2.75, 3.05) is 17.7 Å². The van der Waals surface area contributed by atoms with Crippen molar-refractivity contribution in [3.05, 3.63) is 47.8 Å². The highest BCUT2D eigenvalue weighted by atomic mass is 32.2. The number of ether oxygens (including phenoxy) is 1. The fourth-order valence-corrected chi connectivity index (χ4v) is 6.98. The van der Waals surface area contributed by atoms with Gasteiger partial charge in [-0.25, -0.2) is 24.1 Å². The van der Waals surface area contributed by atoms with Crippen molar-refractivity contribution in [1.82, 2.24) is 19.9 Å². The molecule has 4 atom stereocenters. The molecule has 0 saturated carbocycles. The van der Waals surface area contributed by atoms with Gasteiger partial charge in [0.2, 0.25) is 5.88 Å². The Kier molecular flexibility index (Phi) is 5.32. The molecular weight excluding hydrogens is 519 g/mol. The number of hydrogen-bond acceptors (Lipinski definition) is 8. The van der Waals surface area contributed by atoms with Crippen LogP contribution in [0.4, 0.5) is 15.0 Å². The second-order valence-electron chi connectivity index (χ2n) is 10.1. The third-order valence-electron chi connectivity index (χ3n) is 8.15. The molecule has 0 aliphatic carbocycles. The maximum Gasteiger partial charge on any atom is 0.407 e. The largest absolute Gasteiger partial charge is 0.472 e. The number of nitriles is 1. The third kappa shape index (κ3) is 3.37. The summed E-state index contributed by atoms with van der Waals surface area (Å²) in [4.78, 5) is 29.9. The van der Waals surface area contributed by atoms with Crippen molar-refractivity contribution in [1.29, 1.82) is 5.26 Å². The van der Waals surface area contributed by atoms with E-state index in [1.54, 1.807) is 23.1 Å². The van der Waals surface area contributed by atoms with E-state index in [1.165, 1.54) is 11.8 Å². The molecule has 1 N–H and O–H groups in total. The maximum atomic E-state index is 16.5. The minimum absolute atomic E-state index is 0.0447. The normalized spacial score (nSPS) is 23.3. The van der Waals surface area contributed by atoms with Crippen LogP contribution in [-0.4, -0.2) is 68.1 Å². The number of piperazine rings is 1. The molecule has 2 fully saturated rings. The summed E-state index contributed by atoms with van der Waals surface area (Å²) >= 11 is 1.31. The molecule has 196 valence electrons. The van der Waals surface area contributed by atoms with E-state index in [2.05, 4.69) is 16.0 Å². The Bertz CT molecular complexity index is 1740. The van der Waals surface area contributed by atoms with Gasteiger partial charge < -0.3 is 14.7 Å². The second kappa shape index (κ2) is 8.68. The van der Waals surface area contributed by atoms with Gasteiger partial charge in [0.1, 0.15) is 28.5 Å². The van der Waals surface area contributed by atoms with Crippen molar-refractivity contribution < 1.29 is 19.0 Å². The van der Waals surface area contributed by atoms with Gasteiger partial charge in [0.05, 0.1) is 29.8 Å². The van der Waals surface area contributed by atoms with Crippen LogP contribution in [0.5, 0.6) is 5.88 Å². The number of fused-ring (bicyclic) bond motifs is 6. The number of aromatic nitrogens is 3. The number of anilines is 1. The summed E-state index contributed by atoms with van der Waals surface area (Å²) in [6, 6.07) is 12.2. The lowest BCUT2D eigenvalue weighted by Crippen LogP contribution is -2.64. The Hall–Kier alpha value is -4.17. The Labute approximate surface area is 227 Å². The maximum absolute atomic E-state index is 16.5. The predicted molar refractivity (Wildman–Crippen MR) is 145 cm³/mol. The number of carboxylic acid groups (broad SMARTS) is 1. The molecule has 11 heteroatoms. The molecule has 5 heterocycles. The molecule has 9 nitrogen and oxygen atoms in total. The number of amides is 1. The fourth-order valence-electron chi connectivity index (χ4n) is 6.62. The minimum atomic E-state index is -0.940. The molecule has 39 heavy (non-hydrogen) atoms. The standard InChI is InChI=1S/C28H23FN6O3S/c1-13-24-18-10-9-16(35(18)28(36)37)12-34(24)25-20-23(32-27(33-25)39-2)21(29)22(31-26(20)38-13)17-8-4-6-14-5-3-7-15(11-30)19(14)17/h3-8,13,16,18,24H,9-10,12H2,1-2H3,(H,36,37). The second-order valence-corrected chi connectivity index (χ2v) is 10.9. The molecule has 2 bridgehead atoms. The van der Waals surface area contributed by atoms with Crippen molar-refractivity contribution >= 4 is 45.3 Å². The molecule has 7 rings (SSSR count). The van der Waals surface area contributed by atoms with Crippen molar-refractivity contribution in [3.8, 4) is 23.2 Å². The van der Waals surface area contributed by atoms with Crippen LogP contribution in [0.15, 0.2) is 41.6 Å². The molecule has 0 radical (unpaired) electrons. The zero-order valence-corrected chi connectivity index (χ0v) is 21.9. The van der Waals surface area contributed by atoms with Gasteiger partial charge in [-0.05, 0) is 37.5 Å². The van der Waals surface area contributed by atoms with Crippen LogP contribution in [0.3, 0.4) is 0 Å². The van der Waals surface area contributed by atoms with Crippen LogP contribution in [0, 0.1) is 17.1 Å². The lowest BCUT2D eigenvalue weighted by Gasteiger charge is -2.47. The van der Waals surface area contributed by atoms with Crippen molar-refractivity contribution in [3.63, 3.8) is 0 Å². The first kappa shape index (κ1) is 23.9. The van der Waals surface area contributed by atoms with E-state index >= 15 is 4.39 Å². The molecule has 4 unspecified atom stereocenters. The van der Waals surface area contributed by atoms with E-state index in [0.29, 0.717) is 45.8 Å². The summed E-state index contributed by atoms with van der Waals surface area (Å²) in [5.41, 5.74) is 1.03. The number of hydrogen-bond donors (Lipinski definition) is 1. The zero-order valence-electron chi connectivity index (χ0n) is 21.1. The van der Waals surface area contributed by atoms with E-state index in [0.717, 1.165) is 11.8 Å². The summed E-state index contributed by atoms with van der Waals surface area (Å²) in [5, 5.41) is 21.9. The summed E-state index contributed by atoms with van der Waals surface area (Å²) in [6.45, 7) is 2.33. The molecule has 1 amide bonds. The van der Waals surface area contributed by atoms with Gasteiger partial charge in [-0.2, -0.15) is 5.26 Å². The number of nitrogens with zero attached hydrogens (tertiary/aromatic N) is 6. The van der Waals surface area contributed by atoms with Gasteiger partial charge in [-0.1, -0.05) is 42.1 Å². The quantitative estimate of drug-likeness (QED) is 0.274. The SMILES string of the molecule is CSc1nc2c3c(nc(-c4cccc5cccc(C#N)c45)c(F)c3n1)OC(C)C1C3CCC(CN21)N3C(=O)O. The topological polar surface area (TPSA) is 115 Å². The molecule has 3 aliphatic rings. The highest BCUT2D eigenvalue weighted by molar-refractivity contribution is 7.98. The number of pyridine rings is 1. The van der Waals surface area contributed by atoms with Gasteiger partial charge in [0, 0.05) is 17.5 Å². The zero-order chi connectivity index (χ0) is 27.0. The van der Waals surface area contributed by atoms with Crippen LogP contribution in [-0.2, 0) is 0 Å². The Morgan fingerprint density at radius 1 is 1.18 bits per heavy atom. The summed E-state index contributed by atoms with van der Waals surface area (Å²) < 4.78 is 23.0. The van der Waals surface area contributed by atoms with E-state index in [-0.39, 0.29) is 35.2 Å². The number of benzene rings is 2. The number of carbonyl (C=O) groups is 1. The van der Waals surface area contributed by atoms with Crippen LogP contribution < -0.4 is 9.64 Å². The fraction of sp³-hybridized carbons (Fsp3) is 0.321. The molecule has 2 saturated heterocycles. The van der Waals surface area contributed by atoms with Crippen molar-refractivity contribution in [2.24, 2.45) is 0 Å². The van der Waals surface area contributed by atoms with Crippen LogP contribution in [0.2, 0.25) is 0 Å². The third-order valence-corrected chi connectivity index (χ3v) is 8.70. The van der Waals surface area contributed by atoms with Crippen LogP contribution >= 0.6 is 11.8 Å². The lowest BCUT2D eigenvalue weighted by molar-refractivity contribution is 0.0707. The Morgan fingerprint density at radius 3 is 2.72 bits per heavy atom.